The Labute approximate surface area is 233 Å². The fourth-order valence-corrected chi connectivity index (χ4v) is 5.27. The van der Waals surface area contributed by atoms with Gasteiger partial charge in [-0.15, -0.1) is 0 Å². The third-order valence-electron chi connectivity index (χ3n) is 7.38. The molecular formula is C30H36N4O6. The second-order valence-corrected chi connectivity index (χ2v) is 10.1. The zero-order valence-corrected chi connectivity index (χ0v) is 22.7. The number of nitrogens with one attached hydrogen (secondary N) is 3. The number of hydrogen-bond donors (Lipinski definition) is 4. The molecule has 0 bridgehead atoms. The number of rotatable bonds is 12. The molecule has 0 saturated carbocycles. The summed E-state index contributed by atoms with van der Waals surface area (Å²) in [6.45, 7) is 0.263. The number of unbranched alkanes of at least 4 members (excludes halogenated alkanes) is 3. The zero-order chi connectivity index (χ0) is 28.5. The van der Waals surface area contributed by atoms with Crippen molar-refractivity contribution in [1.82, 2.24) is 20.7 Å². The molecule has 40 heavy (non-hydrogen) atoms. The van der Waals surface area contributed by atoms with Gasteiger partial charge in [-0.25, -0.2) is 10.3 Å². The molecule has 2 heterocycles. The first-order valence-electron chi connectivity index (χ1n) is 13.6. The van der Waals surface area contributed by atoms with Gasteiger partial charge in [0.1, 0.15) is 12.1 Å². The maximum atomic E-state index is 13.7. The minimum atomic E-state index is -0.891. The molecule has 10 heteroatoms. The zero-order valence-electron chi connectivity index (χ0n) is 22.7. The van der Waals surface area contributed by atoms with E-state index in [1.807, 2.05) is 54.6 Å². The fourth-order valence-electron chi connectivity index (χ4n) is 5.27. The first-order valence-corrected chi connectivity index (χ1v) is 13.6. The average molecular weight is 549 g/mol. The van der Waals surface area contributed by atoms with Crippen molar-refractivity contribution in [2.24, 2.45) is 0 Å². The third kappa shape index (κ3) is 7.06. The van der Waals surface area contributed by atoms with E-state index in [2.05, 4.69) is 10.3 Å². The molecule has 4 N–H and O–H groups in total. The van der Waals surface area contributed by atoms with Crippen LogP contribution >= 0.6 is 0 Å². The largest absolute Gasteiger partial charge is 0.467 e. The van der Waals surface area contributed by atoms with Crippen molar-refractivity contribution in [3.63, 3.8) is 0 Å². The molecule has 0 fully saturated rings. The highest BCUT2D eigenvalue weighted by Crippen LogP contribution is 2.31. The van der Waals surface area contributed by atoms with Gasteiger partial charge in [0.05, 0.1) is 13.7 Å². The summed E-state index contributed by atoms with van der Waals surface area (Å²) in [5.41, 5.74) is 5.35. The number of H-pyrrole nitrogens is 1. The van der Waals surface area contributed by atoms with Crippen molar-refractivity contribution in [1.29, 1.82) is 0 Å². The topological polar surface area (TPSA) is 141 Å². The van der Waals surface area contributed by atoms with Crippen LogP contribution in [0.5, 0.6) is 0 Å². The number of aromatic nitrogens is 1. The minimum absolute atomic E-state index is 0.143. The van der Waals surface area contributed by atoms with Gasteiger partial charge in [-0.2, -0.15) is 0 Å². The number of carbonyl (C=O) groups is 4. The Morgan fingerprint density at radius 2 is 1.70 bits per heavy atom. The number of carbonyl (C=O) groups excluding carboxylic acids is 4. The molecule has 10 nitrogen and oxygen atoms in total. The molecule has 1 aliphatic heterocycles. The number of esters is 1. The Kier molecular flexibility index (Phi) is 9.91. The highest BCUT2D eigenvalue weighted by Gasteiger charge is 2.37. The van der Waals surface area contributed by atoms with Crippen LogP contribution < -0.4 is 10.8 Å². The van der Waals surface area contributed by atoms with Crippen LogP contribution in [-0.4, -0.2) is 58.0 Å². The number of ether oxygens (including phenoxy) is 1. The quantitative estimate of drug-likeness (QED) is 0.119. The summed E-state index contributed by atoms with van der Waals surface area (Å²) in [7, 11) is 1.29. The van der Waals surface area contributed by atoms with Gasteiger partial charge in [-0.05, 0) is 30.0 Å². The third-order valence-corrected chi connectivity index (χ3v) is 7.38. The Morgan fingerprint density at radius 3 is 2.42 bits per heavy atom. The first kappa shape index (κ1) is 28.8. The molecule has 0 radical (unpaired) electrons. The average Bonchev–Trinajstić information content (AvgIpc) is 3.35. The first-order chi connectivity index (χ1) is 19.4. The summed E-state index contributed by atoms with van der Waals surface area (Å²) >= 11 is 0. The van der Waals surface area contributed by atoms with Gasteiger partial charge < -0.3 is 19.9 Å². The molecule has 0 spiro atoms. The lowest BCUT2D eigenvalue weighted by Gasteiger charge is -2.35. The van der Waals surface area contributed by atoms with Gasteiger partial charge in [-0.1, -0.05) is 61.4 Å². The van der Waals surface area contributed by atoms with Crippen molar-refractivity contribution < 1.29 is 29.1 Å². The lowest BCUT2D eigenvalue weighted by atomic mass is 9.94. The molecule has 0 aliphatic carbocycles. The molecule has 1 aliphatic rings. The van der Waals surface area contributed by atoms with Gasteiger partial charge in [0, 0.05) is 42.3 Å². The molecule has 4 rings (SSSR count). The molecule has 0 saturated heterocycles. The maximum Gasteiger partial charge on any atom is 0.328 e. The van der Waals surface area contributed by atoms with E-state index < -0.39 is 29.9 Å². The Hall–Kier alpha value is -4.18. The number of fused-ring (bicyclic) bond motifs is 3. The summed E-state index contributed by atoms with van der Waals surface area (Å²) in [5, 5.41) is 12.5. The highest BCUT2D eigenvalue weighted by atomic mass is 16.5. The van der Waals surface area contributed by atoms with Crippen molar-refractivity contribution in [2.45, 2.75) is 70.0 Å². The normalized spacial score (nSPS) is 15.2. The Morgan fingerprint density at radius 1 is 1.00 bits per heavy atom. The van der Waals surface area contributed by atoms with Crippen molar-refractivity contribution in [3.8, 4) is 0 Å². The van der Waals surface area contributed by atoms with E-state index in [-0.39, 0.29) is 31.7 Å². The summed E-state index contributed by atoms with van der Waals surface area (Å²) in [5.74, 6) is -1.51. The summed E-state index contributed by atoms with van der Waals surface area (Å²) in [6, 6.07) is 15.6. The summed E-state index contributed by atoms with van der Waals surface area (Å²) < 4.78 is 4.98. The van der Waals surface area contributed by atoms with Gasteiger partial charge in [0.2, 0.25) is 17.7 Å². The van der Waals surface area contributed by atoms with Gasteiger partial charge in [0.25, 0.3) is 0 Å². The van der Waals surface area contributed by atoms with E-state index in [4.69, 9.17) is 9.94 Å². The standard InChI is InChI=1S/C30H36N4O6/c1-40-30(38)24(17-20-11-5-4-6-12-20)32-29(37)26-18-22-21-13-9-10-14-23(21)31-25(22)19-34(26)28(36)16-8-3-2-7-15-27(35)33-39/h4-6,9-14,24,26,31,39H,2-3,7-8,15-19H2,1H3,(H,32,37)(H,33,35)/t24-,26-/m0/s1. The monoisotopic (exact) mass is 548 g/mol. The predicted octanol–water partition coefficient (Wildman–Crippen LogP) is 3.17. The van der Waals surface area contributed by atoms with Crippen LogP contribution in [0.25, 0.3) is 10.9 Å². The number of para-hydroxylation sites is 1. The van der Waals surface area contributed by atoms with E-state index in [0.29, 0.717) is 19.3 Å². The SMILES string of the molecule is COC(=O)[C@H](Cc1ccccc1)NC(=O)[C@@H]1Cc2c([nH]c3ccccc23)CN1C(=O)CCCCCCC(=O)NO. The number of benzene rings is 2. The van der Waals surface area contributed by atoms with Crippen molar-refractivity contribution in [2.75, 3.05) is 7.11 Å². The number of nitrogens with zero attached hydrogens (tertiary/aromatic N) is 1. The predicted molar refractivity (Wildman–Crippen MR) is 148 cm³/mol. The van der Waals surface area contributed by atoms with Crippen molar-refractivity contribution >= 4 is 34.6 Å². The summed E-state index contributed by atoms with van der Waals surface area (Å²) in [6.07, 6.45) is 3.81. The molecule has 2 aromatic carbocycles. The molecule has 3 aromatic rings. The highest BCUT2D eigenvalue weighted by molar-refractivity contribution is 5.93. The number of amides is 3. The van der Waals surface area contributed by atoms with Gasteiger partial charge >= 0.3 is 5.97 Å². The molecule has 0 unspecified atom stereocenters. The van der Waals surface area contributed by atoms with Gasteiger partial charge in [0.15, 0.2) is 0 Å². The van der Waals surface area contributed by atoms with E-state index in [0.717, 1.165) is 40.6 Å². The maximum absolute atomic E-state index is 13.7. The molecule has 3 amide bonds. The van der Waals surface area contributed by atoms with Crippen LogP contribution in [0.2, 0.25) is 0 Å². The van der Waals surface area contributed by atoms with Crippen LogP contribution in [-0.2, 0) is 43.3 Å². The molecule has 2 atom stereocenters. The van der Waals surface area contributed by atoms with E-state index in [9.17, 15) is 19.2 Å². The number of methoxy groups -OCH3 is 1. The lowest BCUT2D eigenvalue weighted by molar-refractivity contribution is -0.147. The van der Waals surface area contributed by atoms with Crippen LogP contribution in [0.15, 0.2) is 54.6 Å². The number of hydroxylamine groups is 1. The fraction of sp³-hybridized carbons (Fsp3) is 0.400. The Bertz CT molecular complexity index is 1340. The molecular weight excluding hydrogens is 512 g/mol. The van der Waals surface area contributed by atoms with Crippen LogP contribution in [0.1, 0.15) is 55.3 Å². The van der Waals surface area contributed by atoms with E-state index in [1.165, 1.54) is 7.11 Å². The van der Waals surface area contributed by atoms with E-state index >= 15 is 0 Å². The van der Waals surface area contributed by atoms with Crippen LogP contribution in [0.3, 0.4) is 0 Å². The van der Waals surface area contributed by atoms with Gasteiger partial charge in [-0.3, -0.25) is 19.6 Å². The lowest BCUT2D eigenvalue weighted by Crippen LogP contribution is -2.56. The second kappa shape index (κ2) is 13.7. The second-order valence-electron chi connectivity index (χ2n) is 10.1. The Balaban J connectivity index is 1.49. The molecule has 1 aromatic heterocycles. The number of aromatic amines is 1. The molecule has 212 valence electrons. The number of hydrogen-bond acceptors (Lipinski definition) is 6. The summed E-state index contributed by atoms with van der Waals surface area (Å²) in [4.78, 5) is 55.9. The van der Waals surface area contributed by atoms with Crippen molar-refractivity contribution in [3.05, 3.63) is 71.4 Å². The minimum Gasteiger partial charge on any atom is -0.467 e. The van der Waals surface area contributed by atoms with Crippen LogP contribution in [0, 0.1) is 0 Å². The smallest absolute Gasteiger partial charge is 0.328 e. The van der Waals surface area contributed by atoms with Crippen LogP contribution in [0.4, 0.5) is 0 Å². The van der Waals surface area contributed by atoms with E-state index in [1.54, 1.807) is 10.4 Å².